The predicted molar refractivity (Wildman–Crippen MR) is 73.6 cm³/mol. The molecule has 6 heteroatoms. The van der Waals surface area contributed by atoms with E-state index < -0.39 is 0 Å². The lowest BCUT2D eigenvalue weighted by Gasteiger charge is -1.91. The summed E-state index contributed by atoms with van der Waals surface area (Å²) in [6.07, 6.45) is 0.526. The molecule has 0 aliphatic carbocycles. The van der Waals surface area contributed by atoms with Crippen molar-refractivity contribution in [1.82, 2.24) is 15.2 Å². The molecule has 2 N–H and O–H groups in total. The van der Waals surface area contributed by atoms with E-state index in [1.165, 1.54) is 4.88 Å². The smallest absolute Gasteiger partial charge is 0.208 e. The van der Waals surface area contributed by atoms with Gasteiger partial charge in [0.05, 0.1) is 11.5 Å². The van der Waals surface area contributed by atoms with E-state index in [1.807, 2.05) is 13.0 Å². The van der Waals surface area contributed by atoms with Gasteiger partial charge in [0.1, 0.15) is 5.82 Å². The van der Waals surface area contributed by atoms with Gasteiger partial charge >= 0.3 is 0 Å². The quantitative estimate of drug-likeness (QED) is 0.665. The van der Waals surface area contributed by atoms with Gasteiger partial charge in [-0.05, 0) is 19.1 Å². The number of aliphatic hydroxyl groups excluding tert-OH is 1. The number of rotatable bonds is 4. The normalized spacial score (nSPS) is 10.1. The Balaban J connectivity index is 1.89. The third-order valence-electron chi connectivity index (χ3n) is 2.03. The topological polar surface area (TPSA) is 61.8 Å². The maximum Gasteiger partial charge on any atom is 0.208 e. The van der Waals surface area contributed by atoms with Gasteiger partial charge in [-0.15, -0.1) is 16.4 Å². The Labute approximate surface area is 114 Å². The molecule has 0 aliphatic heterocycles. The first-order valence-electron chi connectivity index (χ1n) is 5.48. The molecule has 0 unspecified atom stereocenters. The van der Waals surface area contributed by atoms with Gasteiger partial charge in [0.2, 0.25) is 5.16 Å². The van der Waals surface area contributed by atoms with Crippen LogP contribution in [0.1, 0.15) is 22.0 Å². The van der Waals surface area contributed by atoms with E-state index in [0.29, 0.717) is 6.42 Å². The van der Waals surface area contributed by atoms with Gasteiger partial charge in [-0.25, -0.2) is 4.98 Å². The maximum absolute atomic E-state index is 8.64. The van der Waals surface area contributed by atoms with E-state index in [0.717, 1.165) is 21.6 Å². The lowest BCUT2D eigenvalue weighted by molar-refractivity contribution is 0.305. The number of nitrogens with zero attached hydrogens (tertiary/aromatic N) is 2. The van der Waals surface area contributed by atoms with Crippen LogP contribution in [-0.2, 0) is 5.75 Å². The van der Waals surface area contributed by atoms with Crippen LogP contribution in [0.3, 0.4) is 0 Å². The van der Waals surface area contributed by atoms with E-state index in [4.69, 9.17) is 5.11 Å². The van der Waals surface area contributed by atoms with Crippen molar-refractivity contribution < 1.29 is 5.11 Å². The van der Waals surface area contributed by atoms with Crippen LogP contribution in [0.2, 0.25) is 0 Å². The van der Waals surface area contributed by atoms with Crippen molar-refractivity contribution in [2.75, 3.05) is 6.61 Å². The summed E-state index contributed by atoms with van der Waals surface area (Å²) in [6.45, 7) is 2.00. The zero-order chi connectivity index (χ0) is 12.8. The van der Waals surface area contributed by atoms with E-state index in [2.05, 4.69) is 33.1 Å². The molecule has 0 aromatic carbocycles. The van der Waals surface area contributed by atoms with Crippen LogP contribution in [0.25, 0.3) is 0 Å². The Morgan fingerprint density at radius 3 is 3.11 bits per heavy atom. The molecule has 0 radical (unpaired) electrons. The lowest BCUT2D eigenvalue weighted by atomic mass is 10.4. The molecule has 0 saturated carbocycles. The van der Waals surface area contributed by atoms with Gasteiger partial charge in [-0.3, -0.25) is 5.10 Å². The summed E-state index contributed by atoms with van der Waals surface area (Å²) in [5, 5.41) is 16.3. The molecule has 0 amide bonds. The van der Waals surface area contributed by atoms with Crippen molar-refractivity contribution in [3.63, 3.8) is 0 Å². The number of H-pyrrole nitrogens is 1. The Morgan fingerprint density at radius 2 is 2.39 bits per heavy atom. The molecule has 0 fully saturated rings. The summed E-state index contributed by atoms with van der Waals surface area (Å²) in [4.78, 5) is 6.52. The van der Waals surface area contributed by atoms with Crippen LogP contribution in [0.15, 0.2) is 17.3 Å². The molecule has 2 rings (SSSR count). The zero-order valence-electron chi connectivity index (χ0n) is 9.93. The molecular weight excluding hydrogens is 266 g/mol. The summed E-state index contributed by atoms with van der Waals surface area (Å²) < 4.78 is 0. The molecule has 0 saturated heterocycles. The highest BCUT2D eigenvalue weighted by Gasteiger charge is 2.03. The highest BCUT2D eigenvalue weighted by molar-refractivity contribution is 7.98. The average Bonchev–Trinajstić information content (AvgIpc) is 2.96. The van der Waals surface area contributed by atoms with Gasteiger partial charge in [-0.1, -0.05) is 23.6 Å². The van der Waals surface area contributed by atoms with E-state index in [9.17, 15) is 0 Å². The molecular formula is C12H13N3OS2. The fraction of sp³-hybridized carbons (Fsp3) is 0.333. The zero-order valence-corrected chi connectivity index (χ0v) is 11.6. The van der Waals surface area contributed by atoms with Gasteiger partial charge in [0.25, 0.3) is 0 Å². The van der Waals surface area contributed by atoms with E-state index in [1.54, 1.807) is 23.1 Å². The first-order chi connectivity index (χ1) is 8.78. The fourth-order valence-electron chi connectivity index (χ4n) is 1.25. The number of nitrogens with one attached hydrogen (secondary N) is 1. The van der Waals surface area contributed by atoms with Crippen LogP contribution >= 0.6 is 23.1 Å². The second kappa shape index (κ2) is 6.59. The second-order valence-electron chi connectivity index (χ2n) is 3.53. The first kappa shape index (κ1) is 13.1. The molecule has 0 aliphatic rings. The van der Waals surface area contributed by atoms with Gasteiger partial charge < -0.3 is 5.11 Å². The third-order valence-corrected chi connectivity index (χ3v) is 4.11. The largest absolute Gasteiger partial charge is 0.395 e. The number of aliphatic hydroxyl groups is 1. The minimum absolute atomic E-state index is 0.116. The number of hydrogen-bond donors (Lipinski definition) is 2. The Morgan fingerprint density at radius 1 is 1.50 bits per heavy atom. The summed E-state index contributed by atoms with van der Waals surface area (Å²) in [5.41, 5.74) is 0. The lowest BCUT2D eigenvalue weighted by Crippen LogP contribution is -1.77. The highest BCUT2D eigenvalue weighted by atomic mass is 32.2. The Kier molecular flexibility index (Phi) is 4.81. The number of thioether (sulfide) groups is 1. The highest BCUT2D eigenvalue weighted by Crippen LogP contribution is 2.24. The monoisotopic (exact) mass is 279 g/mol. The van der Waals surface area contributed by atoms with Crippen molar-refractivity contribution in [3.05, 3.63) is 27.7 Å². The summed E-state index contributed by atoms with van der Waals surface area (Å²) in [6, 6.07) is 4.08. The number of aromatic amines is 1. The Hall–Kier alpha value is -1.29. The second-order valence-corrected chi connectivity index (χ2v) is 5.64. The summed E-state index contributed by atoms with van der Waals surface area (Å²) >= 11 is 3.27. The van der Waals surface area contributed by atoms with Crippen LogP contribution in [0, 0.1) is 18.8 Å². The summed E-state index contributed by atoms with van der Waals surface area (Å²) in [5.74, 6) is 7.63. The maximum atomic E-state index is 8.64. The fourth-order valence-corrected chi connectivity index (χ4v) is 3.02. The van der Waals surface area contributed by atoms with Gasteiger partial charge in [0, 0.05) is 17.1 Å². The van der Waals surface area contributed by atoms with Crippen LogP contribution in [0.5, 0.6) is 0 Å². The predicted octanol–water partition coefficient (Wildman–Crippen LogP) is 2.20. The average molecular weight is 279 g/mol. The van der Waals surface area contributed by atoms with Crippen LogP contribution < -0.4 is 0 Å². The molecule has 4 nitrogen and oxygen atoms in total. The number of aromatic nitrogens is 3. The van der Waals surface area contributed by atoms with Crippen LogP contribution in [0.4, 0.5) is 0 Å². The van der Waals surface area contributed by atoms with E-state index in [-0.39, 0.29) is 6.61 Å². The van der Waals surface area contributed by atoms with Gasteiger partial charge in [-0.2, -0.15) is 0 Å². The summed E-state index contributed by atoms with van der Waals surface area (Å²) in [7, 11) is 0. The van der Waals surface area contributed by atoms with Crippen molar-refractivity contribution in [1.29, 1.82) is 0 Å². The van der Waals surface area contributed by atoms with E-state index >= 15 is 0 Å². The third kappa shape index (κ3) is 3.88. The molecule has 94 valence electrons. The SMILES string of the molecule is Cc1nc(SCc2ccc(C#CCCO)s2)n[nH]1. The molecule has 0 atom stereocenters. The molecule has 2 heterocycles. The van der Waals surface area contributed by atoms with Crippen LogP contribution in [-0.4, -0.2) is 26.9 Å². The molecule has 2 aromatic heterocycles. The molecule has 2 aromatic rings. The Bertz CT molecular complexity index is 565. The van der Waals surface area contributed by atoms with Gasteiger partial charge in [0.15, 0.2) is 0 Å². The van der Waals surface area contributed by atoms with Crippen molar-refractivity contribution in [2.24, 2.45) is 0 Å². The minimum Gasteiger partial charge on any atom is -0.395 e. The van der Waals surface area contributed by atoms with Crippen molar-refractivity contribution in [2.45, 2.75) is 24.3 Å². The molecule has 0 bridgehead atoms. The van der Waals surface area contributed by atoms with Crippen molar-refractivity contribution in [3.8, 4) is 11.8 Å². The minimum atomic E-state index is 0.116. The van der Waals surface area contributed by atoms with Crippen molar-refractivity contribution >= 4 is 23.1 Å². The number of thiophene rings is 1. The number of aryl methyl sites for hydroxylation is 1. The standard InChI is InChI=1S/C12H13N3OS2/c1-9-13-12(15-14-9)17-8-11-6-5-10(18-11)4-2-3-7-16/h5-6,16H,3,7-8H2,1H3,(H,13,14,15). The number of hydrogen-bond acceptors (Lipinski definition) is 5. The molecule has 18 heavy (non-hydrogen) atoms. The first-order valence-corrected chi connectivity index (χ1v) is 7.28. The molecule has 0 spiro atoms.